The molecule has 2 spiro atoms. The molecule has 8 rings (SSSR count). The number of hydrogen-bond donors (Lipinski definition) is 0. The van der Waals surface area contributed by atoms with E-state index in [1.165, 1.54) is 44.7 Å². The summed E-state index contributed by atoms with van der Waals surface area (Å²) in [5.41, 5.74) is 0.874. The second kappa shape index (κ2) is 6.92. The van der Waals surface area contributed by atoms with Crippen LogP contribution in [0.25, 0.3) is 10.9 Å². The Morgan fingerprint density at radius 3 is 2.83 bits per heavy atom. The lowest BCUT2D eigenvalue weighted by atomic mass is 9.78. The van der Waals surface area contributed by atoms with Gasteiger partial charge in [0.2, 0.25) is 0 Å². The molecule has 3 aliphatic heterocycles. The molecule has 6 aliphatic rings. The van der Waals surface area contributed by atoms with Crippen molar-refractivity contribution in [3.8, 4) is 6.01 Å². The molecule has 3 saturated carbocycles. The molecule has 0 N–H and O–H groups in total. The summed E-state index contributed by atoms with van der Waals surface area (Å²) in [7, 11) is 0. The number of anilines is 1. The summed E-state index contributed by atoms with van der Waals surface area (Å²) >= 11 is 6.01. The van der Waals surface area contributed by atoms with E-state index in [1.54, 1.807) is 0 Å². The van der Waals surface area contributed by atoms with Gasteiger partial charge in [-0.2, -0.15) is 9.97 Å². The molecule has 4 atom stereocenters. The van der Waals surface area contributed by atoms with E-state index in [2.05, 4.69) is 14.9 Å². The third-order valence-electron chi connectivity index (χ3n) is 9.82. The largest absolute Gasteiger partial charge is 0.461 e. The minimum Gasteiger partial charge on any atom is -0.461 e. The number of aromatic nitrogens is 3. The number of rotatable bonds is 4. The number of pyridine rings is 1. The molecule has 186 valence electrons. The number of nitrogens with zero attached hydrogens (tertiary/aromatic N) is 5. The van der Waals surface area contributed by atoms with Gasteiger partial charge >= 0.3 is 6.01 Å². The van der Waals surface area contributed by atoms with Gasteiger partial charge in [0.05, 0.1) is 17.0 Å². The van der Waals surface area contributed by atoms with E-state index in [0.29, 0.717) is 41.8 Å². The highest BCUT2D eigenvalue weighted by Crippen LogP contribution is 2.72. The molecule has 2 aromatic rings. The number of fused-ring (bicyclic) bond motifs is 4. The maximum absolute atomic E-state index is 15.1. The van der Waals surface area contributed by atoms with Crippen LogP contribution in [0.3, 0.4) is 0 Å². The van der Waals surface area contributed by atoms with E-state index in [0.717, 1.165) is 19.5 Å². The van der Waals surface area contributed by atoms with Crippen molar-refractivity contribution in [3.05, 3.63) is 17.2 Å². The van der Waals surface area contributed by atoms with Crippen molar-refractivity contribution in [3.63, 3.8) is 0 Å². The summed E-state index contributed by atoms with van der Waals surface area (Å²) in [6.07, 6.45) is 8.12. The summed E-state index contributed by atoms with van der Waals surface area (Å²) in [4.78, 5) is 17.7. The molecular formula is C25H28ClF2N5O2. The molecule has 5 heterocycles. The van der Waals surface area contributed by atoms with Crippen molar-refractivity contribution in [1.29, 1.82) is 0 Å². The molecule has 0 bridgehead atoms. The predicted octanol–water partition coefficient (Wildman–Crippen LogP) is 3.92. The highest BCUT2D eigenvalue weighted by Gasteiger charge is 2.72. The van der Waals surface area contributed by atoms with E-state index in [1.807, 2.05) is 4.90 Å². The van der Waals surface area contributed by atoms with E-state index < -0.39 is 24.1 Å². The Hall–Kier alpha value is -1.84. The fourth-order valence-electron chi connectivity index (χ4n) is 7.51. The summed E-state index contributed by atoms with van der Waals surface area (Å²) in [6, 6.07) is -0.314. The van der Waals surface area contributed by atoms with Crippen LogP contribution in [-0.4, -0.2) is 76.6 Å². The van der Waals surface area contributed by atoms with Crippen LogP contribution >= 0.6 is 11.6 Å². The van der Waals surface area contributed by atoms with Gasteiger partial charge in [-0.25, -0.2) is 13.8 Å². The first-order valence-corrected chi connectivity index (χ1v) is 13.2. The van der Waals surface area contributed by atoms with Crippen LogP contribution in [0.2, 0.25) is 5.15 Å². The molecule has 0 aromatic carbocycles. The normalized spacial score (nSPS) is 35.9. The average molecular weight is 504 g/mol. The lowest BCUT2D eigenvalue weighted by Gasteiger charge is -2.37. The summed E-state index contributed by atoms with van der Waals surface area (Å²) in [5, 5.41) is 0.167. The first-order valence-electron chi connectivity index (χ1n) is 12.9. The minimum absolute atomic E-state index is 0.0124. The average Bonchev–Trinajstić information content (AvgIpc) is 3.76. The van der Waals surface area contributed by atoms with Gasteiger partial charge < -0.3 is 14.4 Å². The van der Waals surface area contributed by atoms with E-state index in [4.69, 9.17) is 26.1 Å². The Bertz CT molecular complexity index is 1240. The zero-order chi connectivity index (χ0) is 23.6. The van der Waals surface area contributed by atoms with Crippen molar-refractivity contribution >= 4 is 28.3 Å². The first kappa shape index (κ1) is 21.3. The zero-order valence-corrected chi connectivity index (χ0v) is 20.2. The number of ether oxygens (including phenoxy) is 2. The van der Waals surface area contributed by atoms with Gasteiger partial charge in [0.15, 0.2) is 17.1 Å². The van der Waals surface area contributed by atoms with Gasteiger partial charge in [-0.15, -0.1) is 0 Å². The van der Waals surface area contributed by atoms with E-state index >= 15 is 4.39 Å². The van der Waals surface area contributed by atoms with Crippen LogP contribution in [0.1, 0.15) is 44.9 Å². The molecule has 2 aromatic heterocycles. The van der Waals surface area contributed by atoms with Gasteiger partial charge in [0.25, 0.3) is 0 Å². The molecule has 3 aliphatic carbocycles. The molecule has 0 radical (unpaired) electrons. The quantitative estimate of drug-likeness (QED) is 0.586. The van der Waals surface area contributed by atoms with Gasteiger partial charge in [-0.3, -0.25) is 4.90 Å². The molecule has 35 heavy (non-hydrogen) atoms. The maximum Gasteiger partial charge on any atom is 0.319 e. The highest BCUT2D eigenvalue weighted by atomic mass is 35.5. The second-order valence-electron chi connectivity index (χ2n) is 11.7. The van der Waals surface area contributed by atoms with Gasteiger partial charge in [-0.05, 0) is 62.3 Å². The number of halogens is 3. The maximum atomic E-state index is 15.1. The second-order valence-corrected chi connectivity index (χ2v) is 12.1. The summed E-state index contributed by atoms with van der Waals surface area (Å²) in [5.74, 6) is -0.259. The van der Waals surface area contributed by atoms with Crippen LogP contribution in [0, 0.1) is 16.6 Å². The molecule has 7 nitrogen and oxygen atoms in total. The van der Waals surface area contributed by atoms with Gasteiger partial charge in [0, 0.05) is 25.9 Å². The lowest BCUT2D eigenvalue weighted by Crippen LogP contribution is -2.49. The Labute approximate surface area is 207 Å². The van der Waals surface area contributed by atoms with E-state index in [-0.39, 0.29) is 22.2 Å². The Balaban J connectivity index is 1.18. The van der Waals surface area contributed by atoms with Crippen LogP contribution in [0.4, 0.5) is 14.6 Å². The molecule has 3 saturated heterocycles. The van der Waals surface area contributed by atoms with Gasteiger partial charge in [-0.1, -0.05) is 11.6 Å². The monoisotopic (exact) mass is 503 g/mol. The Morgan fingerprint density at radius 2 is 2.03 bits per heavy atom. The lowest BCUT2D eigenvalue weighted by molar-refractivity contribution is 0.0640. The Kier molecular flexibility index (Phi) is 4.21. The molecular weight excluding hydrogens is 476 g/mol. The number of alkyl halides is 1. The standard InChI is InChI=1S/C25H28ClF2N5O2/c26-20-15(27)17-14(10-29-20)21(33-7-1-9-34-19-16(28)18(19)33)31-22(30-17)35-13-25-11-23(2-3-23)12-32(25)8-6-24(25)4-5-24/h10,16,18-19H,1-9,11-13H2/t16-,18-,19+,25+/m1/s1. The van der Waals surface area contributed by atoms with Crippen molar-refractivity contribution in [2.75, 3.05) is 37.7 Å². The van der Waals surface area contributed by atoms with Gasteiger partial charge in [0.1, 0.15) is 24.0 Å². The van der Waals surface area contributed by atoms with Crippen molar-refractivity contribution in [2.24, 2.45) is 10.8 Å². The third kappa shape index (κ3) is 2.92. The molecule has 0 amide bonds. The van der Waals surface area contributed by atoms with Crippen molar-refractivity contribution < 1.29 is 18.3 Å². The fourth-order valence-corrected chi connectivity index (χ4v) is 7.65. The first-order chi connectivity index (χ1) is 16.9. The number of hydrogen-bond acceptors (Lipinski definition) is 7. The minimum atomic E-state index is -1.09. The van der Waals surface area contributed by atoms with Crippen LogP contribution in [0.5, 0.6) is 6.01 Å². The molecule has 10 heteroatoms. The fraction of sp³-hybridized carbons (Fsp3) is 0.720. The zero-order valence-electron chi connectivity index (χ0n) is 19.5. The van der Waals surface area contributed by atoms with Crippen LogP contribution < -0.4 is 9.64 Å². The molecule has 0 unspecified atom stereocenters. The SMILES string of the molecule is Fc1c(Cl)ncc2c(N3CCCO[C@H]4[C@H](F)[C@H]43)nc(OC[C@]34CC5(CC5)CN3CCC43CC3)nc12. The topological polar surface area (TPSA) is 63.6 Å². The molecule has 6 fully saturated rings. The van der Waals surface area contributed by atoms with Crippen molar-refractivity contribution in [2.45, 2.75) is 68.8 Å². The van der Waals surface area contributed by atoms with E-state index in [9.17, 15) is 4.39 Å². The third-order valence-corrected chi connectivity index (χ3v) is 10.1. The smallest absolute Gasteiger partial charge is 0.319 e. The Morgan fingerprint density at radius 1 is 1.17 bits per heavy atom. The van der Waals surface area contributed by atoms with Crippen LogP contribution in [-0.2, 0) is 4.74 Å². The highest BCUT2D eigenvalue weighted by molar-refractivity contribution is 6.30. The van der Waals surface area contributed by atoms with Crippen LogP contribution in [0.15, 0.2) is 6.20 Å². The summed E-state index contributed by atoms with van der Waals surface area (Å²) in [6.45, 7) is 3.83. The summed E-state index contributed by atoms with van der Waals surface area (Å²) < 4.78 is 41.7. The predicted molar refractivity (Wildman–Crippen MR) is 125 cm³/mol. The van der Waals surface area contributed by atoms with Crippen molar-refractivity contribution in [1.82, 2.24) is 19.9 Å².